The van der Waals surface area contributed by atoms with Gasteiger partial charge in [0, 0.05) is 43.8 Å². The molecule has 0 atom stereocenters. The number of nitrogens with zero attached hydrogens (tertiary/aromatic N) is 2. The van der Waals surface area contributed by atoms with Gasteiger partial charge in [-0.05, 0) is 73.6 Å². The van der Waals surface area contributed by atoms with E-state index >= 15 is 0 Å². The van der Waals surface area contributed by atoms with Gasteiger partial charge < -0.3 is 19.9 Å². The minimum absolute atomic E-state index is 0.0368. The summed E-state index contributed by atoms with van der Waals surface area (Å²) >= 11 is 5.70. The number of aromatic amines is 1. The fourth-order valence-electron chi connectivity index (χ4n) is 3.89. The Morgan fingerprint density at radius 2 is 1.94 bits per heavy atom. The van der Waals surface area contributed by atoms with E-state index in [0.29, 0.717) is 6.54 Å². The van der Waals surface area contributed by atoms with Gasteiger partial charge in [0.15, 0.2) is 5.11 Å². The van der Waals surface area contributed by atoms with Crippen molar-refractivity contribution in [2.45, 2.75) is 46.6 Å². The summed E-state index contributed by atoms with van der Waals surface area (Å²) in [7, 11) is 0. The van der Waals surface area contributed by atoms with Gasteiger partial charge in [-0.2, -0.15) is 0 Å². The minimum Gasteiger partial charge on any atom is -0.379 e. The fourth-order valence-corrected chi connectivity index (χ4v) is 4.15. The van der Waals surface area contributed by atoms with Crippen molar-refractivity contribution in [3.8, 4) is 0 Å². The van der Waals surface area contributed by atoms with Gasteiger partial charge in [-0.3, -0.25) is 9.69 Å². The average molecular weight is 445 g/mol. The van der Waals surface area contributed by atoms with Crippen molar-refractivity contribution in [1.82, 2.24) is 20.1 Å². The molecule has 2 N–H and O–H groups in total. The lowest BCUT2D eigenvalue weighted by Gasteiger charge is -2.29. The molecule has 1 aliphatic heterocycles. The molecule has 0 radical (unpaired) electrons. The minimum atomic E-state index is -0.0368. The molecule has 31 heavy (non-hydrogen) atoms. The normalized spacial score (nSPS) is 14.7. The lowest BCUT2D eigenvalue weighted by molar-refractivity contribution is 0.0367. The number of aromatic nitrogens is 1. The van der Waals surface area contributed by atoms with Crippen LogP contribution in [0, 0.1) is 13.8 Å². The van der Waals surface area contributed by atoms with Crippen LogP contribution < -0.4 is 10.9 Å². The Hall–Kier alpha value is -1.96. The standard InChI is InChI=1S/C24H36N4O2S/c1-4-5-7-25-24(31)28(9-6-8-27-10-12-30-13-11-27)17-21-16-20-14-18(2)19(3)15-22(20)26-23(21)29/h14-16H,4-13,17H2,1-3H3,(H,25,31)(H,26,29). The summed E-state index contributed by atoms with van der Waals surface area (Å²) in [5.74, 6) is 0. The van der Waals surface area contributed by atoms with E-state index in [1.807, 2.05) is 12.1 Å². The summed E-state index contributed by atoms with van der Waals surface area (Å²) in [6.07, 6.45) is 3.20. The third-order valence-corrected chi connectivity index (χ3v) is 6.40. The first-order valence-electron chi connectivity index (χ1n) is 11.4. The lowest BCUT2D eigenvalue weighted by Crippen LogP contribution is -2.43. The summed E-state index contributed by atoms with van der Waals surface area (Å²) < 4.78 is 5.44. The Bertz CT molecular complexity index is 937. The molecule has 0 bridgehead atoms. The van der Waals surface area contributed by atoms with Crippen molar-refractivity contribution >= 4 is 28.2 Å². The molecule has 3 rings (SSSR count). The molecule has 6 nitrogen and oxygen atoms in total. The zero-order valence-corrected chi connectivity index (χ0v) is 19.9. The van der Waals surface area contributed by atoms with Gasteiger partial charge in [-0.1, -0.05) is 13.3 Å². The number of rotatable bonds is 9. The second-order valence-corrected chi connectivity index (χ2v) is 8.85. The highest BCUT2D eigenvalue weighted by Gasteiger charge is 2.15. The van der Waals surface area contributed by atoms with Crippen LogP contribution in [0.5, 0.6) is 0 Å². The van der Waals surface area contributed by atoms with Crippen LogP contribution in [-0.2, 0) is 11.3 Å². The maximum Gasteiger partial charge on any atom is 0.253 e. The molecule has 0 saturated carbocycles. The first kappa shape index (κ1) is 23.7. The Morgan fingerprint density at radius 3 is 2.68 bits per heavy atom. The van der Waals surface area contributed by atoms with Crippen LogP contribution in [0.15, 0.2) is 23.0 Å². The number of ether oxygens (including phenoxy) is 1. The zero-order valence-electron chi connectivity index (χ0n) is 19.1. The van der Waals surface area contributed by atoms with Gasteiger partial charge in [0.25, 0.3) is 5.56 Å². The summed E-state index contributed by atoms with van der Waals surface area (Å²) in [4.78, 5) is 20.4. The molecule has 2 heterocycles. The monoisotopic (exact) mass is 444 g/mol. The van der Waals surface area contributed by atoms with E-state index in [-0.39, 0.29) is 5.56 Å². The molecule has 1 fully saturated rings. The number of hydrogen-bond acceptors (Lipinski definition) is 4. The van der Waals surface area contributed by atoms with Crippen LogP contribution >= 0.6 is 12.2 Å². The summed E-state index contributed by atoms with van der Waals surface area (Å²) in [6.45, 7) is 13.2. The van der Waals surface area contributed by atoms with Crippen molar-refractivity contribution in [3.05, 3.63) is 45.2 Å². The van der Waals surface area contributed by atoms with Crippen LogP contribution in [-0.4, -0.2) is 65.8 Å². The number of nitrogens with one attached hydrogen (secondary N) is 2. The van der Waals surface area contributed by atoms with Crippen LogP contribution in [0.4, 0.5) is 0 Å². The van der Waals surface area contributed by atoms with Crippen molar-refractivity contribution in [3.63, 3.8) is 0 Å². The second-order valence-electron chi connectivity index (χ2n) is 8.46. The number of thiocarbonyl (C=S) groups is 1. The maximum atomic E-state index is 12.8. The number of unbranched alkanes of at least 4 members (excludes halogenated alkanes) is 1. The van der Waals surface area contributed by atoms with E-state index in [1.165, 1.54) is 11.1 Å². The number of hydrogen-bond donors (Lipinski definition) is 2. The van der Waals surface area contributed by atoms with Crippen molar-refractivity contribution < 1.29 is 4.74 Å². The zero-order chi connectivity index (χ0) is 22.2. The summed E-state index contributed by atoms with van der Waals surface area (Å²) in [5, 5.41) is 5.17. The molecule has 1 saturated heterocycles. The number of morpholine rings is 1. The van der Waals surface area contributed by atoms with E-state index in [0.717, 1.165) is 86.8 Å². The van der Waals surface area contributed by atoms with Crippen molar-refractivity contribution in [1.29, 1.82) is 0 Å². The topological polar surface area (TPSA) is 60.6 Å². The molecule has 170 valence electrons. The molecular weight excluding hydrogens is 408 g/mol. The molecule has 7 heteroatoms. The number of aryl methyl sites for hydroxylation is 2. The molecule has 0 aliphatic carbocycles. The second kappa shape index (κ2) is 11.6. The largest absolute Gasteiger partial charge is 0.379 e. The quantitative estimate of drug-likeness (QED) is 0.457. The summed E-state index contributed by atoms with van der Waals surface area (Å²) in [6, 6.07) is 6.21. The Morgan fingerprint density at radius 1 is 1.19 bits per heavy atom. The van der Waals surface area contributed by atoms with Crippen LogP contribution in [0.1, 0.15) is 42.9 Å². The maximum absolute atomic E-state index is 12.8. The first-order chi connectivity index (χ1) is 15.0. The molecule has 1 aromatic heterocycles. The highest BCUT2D eigenvalue weighted by molar-refractivity contribution is 7.80. The van der Waals surface area contributed by atoms with Gasteiger partial charge in [0.2, 0.25) is 0 Å². The van der Waals surface area contributed by atoms with Crippen molar-refractivity contribution in [2.24, 2.45) is 0 Å². The number of H-pyrrole nitrogens is 1. The van der Waals surface area contributed by atoms with Crippen LogP contribution in [0.25, 0.3) is 10.9 Å². The molecule has 0 spiro atoms. The molecular formula is C24H36N4O2S. The van der Waals surface area contributed by atoms with E-state index in [1.54, 1.807) is 0 Å². The average Bonchev–Trinajstić information content (AvgIpc) is 2.75. The third kappa shape index (κ3) is 6.76. The Kier molecular flexibility index (Phi) is 8.87. The van der Waals surface area contributed by atoms with Crippen LogP contribution in [0.2, 0.25) is 0 Å². The molecule has 1 aliphatic rings. The summed E-state index contributed by atoms with van der Waals surface area (Å²) in [5.41, 5.74) is 4.01. The van der Waals surface area contributed by atoms with Crippen LogP contribution in [0.3, 0.4) is 0 Å². The van der Waals surface area contributed by atoms with Gasteiger partial charge in [0.1, 0.15) is 0 Å². The van der Waals surface area contributed by atoms with Gasteiger partial charge in [-0.15, -0.1) is 0 Å². The highest BCUT2D eigenvalue weighted by Crippen LogP contribution is 2.18. The predicted octanol–water partition coefficient (Wildman–Crippen LogP) is 3.34. The molecule has 1 aromatic carbocycles. The van der Waals surface area contributed by atoms with E-state index in [2.05, 4.69) is 46.9 Å². The highest BCUT2D eigenvalue weighted by atomic mass is 32.1. The number of pyridine rings is 1. The number of fused-ring (bicyclic) bond motifs is 1. The lowest BCUT2D eigenvalue weighted by atomic mass is 10.0. The predicted molar refractivity (Wildman–Crippen MR) is 132 cm³/mol. The van der Waals surface area contributed by atoms with Crippen molar-refractivity contribution in [2.75, 3.05) is 45.9 Å². The molecule has 2 aromatic rings. The molecule has 0 amide bonds. The Labute approximate surface area is 191 Å². The molecule has 0 unspecified atom stereocenters. The first-order valence-corrected chi connectivity index (χ1v) is 11.8. The SMILES string of the molecule is CCCCNC(=S)N(CCCN1CCOCC1)Cc1cc2cc(C)c(C)cc2[nH]c1=O. The van der Waals surface area contributed by atoms with E-state index in [4.69, 9.17) is 17.0 Å². The Balaban J connectivity index is 1.72. The fraction of sp³-hybridized carbons (Fsp3) is 0.583. The number of benzene rings is 1. The smallest absolute Gasteiger partial charge is 0.253 e. The van der Waals surface area contributed by atoms with Gasteiger partial charge in [-0.25, -0.2) is 0 Å². The van der Waals surface area contributed by atoms with Gasteiger partial charge in [0.05, 0.1) is 19.8 Å². The van der Waals surface area contributed by atoms with E-state index in [9.17, 15) is 4.79 Å². The van der Waals surface area contributed by atoms with Gasteiger partial charge >= 0.3 is 0 Å². The third-order valence-electron chi connectivity index (χ3n) is 6.00. The van der Waals surface area contributed by atoms with E-state index < -0.39 is 0 Å².